The van der Waals surface area contributed by atoms with E-state index in [-0.39, 0.29) is 32.1 Å². The number of nitrogens with zero attached hydrogens (tertiary/aromatic N) is 1. The van der Waals surface area contributed by atoms with Gasteiger partial charge in [-0.2, -0.15) is 8.78 Å². The van der Waals surface area contributed by atoms with Crippen LogP contribution in [0.25, 0.3) is 0 Å². The molecule has 20 heavy (non-hydrogen) atoms. The van der Waals surface area contributed by atoms with Gasteiger partial charge in [0, 0.05) is 18.1 Å². The largest absolute Gasteiger partial charge is 0.482 e. The maximum atomic E-state index is 13.9. The number of benzene rings is 1. The van der Waals surface area contributed by atoms with Crippen LogP contribution in [0.3, 0.4) is 0 Å². The van der Waals surface area contributed by atoms with Gasteiger partial charge in [-0.25, -0.2) is 0 Å². The fourth-order valence-corrected chi connectivity index (χ4v) is 2.09. The molecule has 1 saturated heterocycles. The molecular formula is C13H14ClF2NO3. The van der Waals surface area contributed by atoms with Crippen molar-refractivity contribution in [3.63, 3.8) is 0 Å². The molecule has 0 unspecified atom stereocenters. The Labute approximate surface area is 120 Å². The first-order chi connectivity index (χ1) is 9.40. The number of aryl methyl sites for hydroxylation is 1. The van der Waals surface area contributed by atoms with Gasteiger partial charge in [0.1, 0.15) is 5.75 Å². The molecule has 2 rings (SSSR count). The molecule has 4 nitrogen and oxygen atoms in total. The predicted molar refractivity (Wildman–Crippen MR) is 69.2 cm³/mol. The molecule has 0 aliphatic carbocycles. The van der Waals surface area contributed by atoms with Crippen LogP contribution in [0, 0.1) is 6.92 Å². The molecular weight excluding hydrogens is 292 g/mol. The highest BCUT2D eigenvalue weighted by Crippen LogP contribution is 2.28. The second kappa shape index (κ2) is 5.93. The molecule has 0 aromatic heterocycles. The Morgan fingerprint density at radius 1 is 1.40 bits per heavy atom. The van der Waals surface area contributed by atoms with Crippen molar-refractivity contribution in [2.24, 2.45) is 0 Å². The number of ether oxygens (including phenoxy) is 2. The summed E-state index contributed by atoms with van der Waals surface area (Å²) in [6, 6.07) is 4.24. The van der Waals surface area contributed by atoms with Crippen LogP contribution in [-0.4, -0.2) is 43.2 Å². The molecule has 0 spiro atoms. The predicted octanol–water partition coefficient (Wildman–Crippen LogP) is 2.48. The number of carbonyl (C=O) groups is 1. The van der Waals surface area contributed by atoms with Crippen LogP contribution in [0.2, 0.25) is 5.02 Å². The maximum absolute atomic E-state index is 13.9. The smallest absolute Gasteiger partial charge is 0.425 e. The third-order valence-corrected chi connectivity index (χ3v) is 3.16. The number of amides is 1. The number of alkyl halides is 2. The molecule has 1 fully saturated rings. The third-order valence-electron chi connectivity index (χ3n) is 2.92. The Morgan fingerprint density at radius 2 is 2.05 bits per heavy atom. The second-order valence-electron chi connectivity index (χ2n) is 4.43. The van der Waals surface area contributed by atoms with E-state index in [9.17, 15) is 13.6 Å². The second-order valence-corrected chi connectivity index (χ2v) is 4.87. The van der Waals surface area contributed by atoms with Gasteiger partial charge in [0.25, 0.3) is 0 Å². The zero-order valence-corrected chi connectivity index (χ0v) is 11.6. The van der Waals surface area contributed by atoms with Gasteiger partial charge in [-0.15, -0.1) is 0 Å². The van der Waals surface area contributed by atoms with E-state index in [0.717, 1.165) is 4.90 Å². The molecule has 0 bridgehead atoms. The molecule has 1 aliphatic rings. The van der Waals surface area contributed by atoms with Crippen molar-refractivity contribution in [2.45, 2.75) is 13.0 Å². The number of hydrogen-bond acceptors (Lipinski definition) is 3. The maximum Gasteiger partial charge on any atom is 0.482 e. The summed E-state index contributed by atoms with van der Waals surface area (Å²) >= 11 is 5.74. The highest BCUT2D eigenvalue weighted by Gasteiger charge is 2.46. The van der Waals surface area contributed by atoms with E-state index in [1.807, 2.05) is 0 Å². The SMILES string of the molecule is Cc1cc(Cl)ccc1OC(F)(F)C(=O)N1CCOCC1. The summed E-state index contributed by atoms with van der Waals surface area (Å²) in [5.74, 6) is -1.42. The zero-order chi connectivity index (χ0) is 14.8. The summed E-state index contributed by atoms with van der Waals surface area (Å²) in [6.45, 7) is 2.36. The van der Waals surface area contributed by atoms with Crippen molar-refractivity contribution in [1.29, 1.82) is 0 Å². The highest BCUT2D eigenvalue weighted by atomic mass is 35.5. The van der Waals surface area contributed by atoms with Crippen LogP contribution < -0.4 is 4.74 Å². The minimum absolute atomic E-state index is 0.0685. The number of halogens is 3. The standard InChI is InChI=1S/C13H14ClF2NO3/c1-9-8-10(14)2-3-11(9)20-13(15,16)12(18)17-4-6-19-7-5-17/h2-3,8H,4-7H2,1H3. The molecule has 0 atom stereocenters. The quantitative estimate of drug-likeness (QED) is 0.861. The molecule has 110 valence electrons. The monoisotopic (exact) mass is 305 g/mol. The van der Waals surface area contributed by atoms with Gasteiger partial charge in [-0.3, -0.25) is 4.79 Å². The van der Waals surface area contributed by atoms with E-state index < -0.39 is 12.0 Å². The number of rotatable bonds is 3. The summed E-state index contributed by atoms with van der Waals surface area (Å²) in [5.41, 5.74) is 0.437. The first-order valence-electron chi connectivity index (χ1n) is 6.10. The molecule has 1 aromatic carbocycles. The lowest BCUT2D eigenvalue weighted by Crippen LogP contribution is -2.51. The van der Waals surface area contributed by atoms with Gasteiger partial charge in [-0.1, -0.05) is 11.6 Å². The van der Waals surface area contributed by atoms with E-state index in [1.165, 1.54) is 18.2 Å². The highest BCUT2D eigenvalue weighted by molar-refractivity contribution is 6.30. The Kier molecular flexibility index (Phi) is 4.45. The molecule has 1 amide bonds. The van der Waals surface area contributed by atoms with E-state index in [2.05, 4.69) is 4.74 Å². The normalized spacial score (nSPS) is 16.1. The van der Waals surface area contributed by atoms with Gasteiger partial charge < -0.3 is 14.4 Å². The lowest BCUT2D eigenvalue weighted by molar-refractivity contribution is -0.206. The molecule has 1 aliphatic heterocycles. The molecule has 1 aromatic rings. The van der Waals surface area contributed by atoms with E-state index in [1.54, 1.807) is 6.92 Å². The molecule has 0 radical (unpaired) electrons. The van der Waals surface area contributed by atoms with Crippen LogP contribution in [0.4, 0.5) is 8.78 Å². The summed E-state index contributed by atoms with van der Waals surface area (Å²) in [7, 11) is 0. The summed E-state index contributed by atoms with van der Waals surface area (Å²) in [5, 5.41) is 0.415. The van der Waals surface area contributed by atoms with Crippen molar-refractivity contribution < 1.29 is 23.0 Å². The van der Waals surface area contributed by atoms with E-state index in [4.69, 9.17) is 16.3 Å². The van der Waals surface area contributed by atoms with E-state index in [0.29, 0.717) is 10.6 Å². The summed E-state index contributed by atoms with van der Waals surface area (Å²) in [6.07, 6.45) is -3.91. The average Bonchev–Trinajstić information content (AvgIpc) is 2.42. The van der Waals surface area contributed by atoms with Gasteiger partial charge in [-0.05, 0) is 30.7 Å². The number of carbonyl (C=O) groups excluding carboxylic acids is 1. The van der Waals surface area contributed by atoms with Crippen LogP contribution >= 0.6 is 11.6 Å². The first-order valence-corrected chi connectivity index (χ1v) is 6.48. The molecule has 0 saturated carbocycles. The molecule has 1 heterocycles. The van der Waals surface area contributed by atoms with Crippen LogP contribution in [0.1, 0.15) is 5.56 Å². The van der Waals surface area contributed by atoms with Crippen molar-refractivity contribution in [3.8, 4) is 5.75 Å². The lowest BCUT2D eigenvalue weighted by Gasteiger charge is -2.29. The van der Waals surface area contributed by atoms with Crippen LogP contribution in [0.5, 0.6) is 5.75 Å². The van der Waals surface area contributed by atoms with Crippen molar-refractivity contribution in [1.82, 2.24) is 4.90 Å². The summed E-state index contributed by atoms with van der Waals surface area (Å²) < 4.78 is 37.4. The Morgan fingerprint density at radius 3 is 2.65 bits per heavy atom. The molecule has 0 N–H and O–H groups in total. The zero-order valence-electron chi connectivity index (χ0n) is 10.9. The minimum atomic E-state index is -3.91. The van der Waals surface area contributed by atoms with Gasteiger partial charge in [0.15, 0.2) is 0 Å². The van der Waals surface area contributed by atoms with Crippen LogP contribution in [-0.2, 0) is 9.53 Å². The van der Waals surface area contributed by atoms with Gasteiger partial charge >= 0.3 is 12.0 Å². The van der Waals surface area contributed by atoms with Gasteiger partial charge in [0.2, 0.25) is 0 Å². The fraction of sp³-hybridized carbons (Fsp3) is 0.462. The third kappa shape index (κ3) is 3.37. The van der Waals surface area contributed by atoms with E-state index >= 15 is 0 Å². The first kappa shape index (κ1) is 15.0. The minimum Gasteiger partial charge on any atom is -0.425 e. The fourth-order valence-electron chi connectivity index (χ4n) is 1.86. The van der Waals surface area contributed by atoms with Crippen molar-refractivity contribution in [2.75, 3.05) is 26.3 Å². The Hall–Kier alpha value is -1.40. The van der Waals surface area contributed by atoms with Gasteiger partial charge in [0.05, 0.1) is 13.2 Å². The average molecular weight is 306 g/mol. The number of morpholine rings is 1. The Balaban J connectivity index is 2.11. The Bertz CT molecular complexity index is 504. The van der Waals surface area contributed by atoms with Crippen LogP contribution in [0.15, 0.2) is 18.2 Å². The molecule has 7 heteroatoms. The lowest BCUT2D eigenvalue weighted by atomic mass is 10.2. The van der Waals surface area contributed by atoms with Crippen molar-refractivity contribution in [3.05, 3.63) is 28.8 Å². The number of hydrogen-bond donors (Lipinski definition) is 0. The van der Waals surface area contributed by atoms with Crippen molar-refractivity contribution >= 4 is 17.5 Å². The summed E-state index contributed by atoms with van der Waals surface area (Å²) in [4.78, 5) is 12.8. The topological polar surface area (TPSA) is 38.8 Å².